The van der Waals surface area contributed by atoms with Crippen LogP contribution in [0.4, 0.5) is 5.69 Å². The Hall–Kier alpha value is -2.66. The Morgan fingerprint density at radius 3 is 2.35 bits per heavy atom. The third kappa shape index (κ3) is 1.94. The van der Waals surface area contributed by atoms with Crippen LogP contribution in [0, 0.1) is 0 Å². The van der Waals surface area contributed by atoms with E-state index in [1.807, 2.05) is 6.07 Å². The predicted octanol–water partition coefficient (Wildman–Crippen LogP) is 1.89. The number of amides is 2. The van der Waals surface area contributed by atoms with Gasteiger partial charge in [-0.3, -0.25) is 14.8 Å². The second-order valence-electron chi connectivity index (χ2n) is 4.48. The summed E-state index contributed by atoms with van der Waals surface area (Å²) >= 11 is 0. The predicted molar refractivity (Wildman–Crippen MR) is 72.4 cm³/mol. The van der Waals surface area contributed by atoms with Gasteiger partial charge in [-0.15, -0.1) is 0 Å². The fourth-order valence-corrected chi connectivity index (χ4v) is 2.23. The number of rotatable bonds is 1. The Labute approximate surface area is 115 Å². The fraction of sp³-hybridized carbons (Fsp3) is 0.0667. The Morgan fingerprint density at radius 1 is 0.950 bits per heavy atom. The first-order chi connectivity index (χ1) is 9.68. The number of nitrogens with one attached hydrogen (secondary N) is 1. The first-order valence-electron chi connectivity index (χ1n) is 6.16. The normalized spacial score (nSPS) is 18.2. The average Bonchev–Trinajstić information content (AvgIpc) is 2.60. The van der Waals surface area contributed by atoms with Crippen molar-refractivity contribution in [3.63, 3.8) is 0 Å². The maximum absolute atomic E-state index is 12.3. The lowest BCUT2D eigenvalue weighted by Crippen LogP contribution is -2.38. The van der Waals surface area contributed by atoms with Gasteiger partial charge in [0.1, 0.15) is 6.04 Å². The number of hydrogen-bond acceptors (Lipinski definition) is 3. The maximum Gasteiger partial charge on any atom is 0.277 e. The molecule has 0 fully saturated rings. The van der Waals surface area contributed by atoms with E-state index in [1.165, 1.54) is 6.07 Å². The molecule has 0 aliphatic carbocycles. The highest BCUT2D eigenvalue weighted by atomic mass is 16.5. The molecule has 1 atom stereocenters. The lowest BCUT2D eigenvalue weighted by molar-refractivity contribution is -0.125. The molecule has 2 aromatic rings. The van der Waals surface area contributed by atoms with Gasteiger partial charge in [-0.2, -0.15) is 5.06 Å². The van der Waals surface area contributed by atoms with Gasteiger partial charge >= 0.3 is 0 Å². The lowest BCUT2D eigenvalue weighted by Gasteiger charge is -2.19. The summed E-state index contributed by atoms with van der Waals surface area (Å²) in [6.45, 7) is 0. The number of fused-ring (bicyclic) bond motifs is 1. The summed E-state index contributed by atoms with van der Waals surface area (Å²) in [6, 6.07) is 14.3. The van der Waals surface area contributed by atoms with E-state index in [0.29, 0.717) is 10.6 Å². The Kier molecular flexibility index (Phi) is 2.96. The Balaban J connectivity index is 2.08. The van der Waals surface area contributed by atoms with Crippen LogP contribution < -0.4 is 10.4 Å². The van der Waals surface area contributed by atoms with E-state index in [1.54, 1.807) is 42.5 Å². The summed E-state index contributed by atoms with van der Waals surface area (Å²) in [6.07, 6.45) is 0. The largest absolute Gasteiger partial charge is 0.336 e. The second kappa shape index (κ2) is 4.79. The SMILES string of the molecule is O=C1N[C@@H](c2ccccc2)C(=O)N(O)c2ccccc21. The smallest absolute Gasteiger partial charge is 0.277 e. The van der Waals surface area contributed by atoms with Crippen molar-refractivity contribution in [3.8, 4) is 0 Å². The van der Waals surface area contributed by atoms with E-state index >= 15 is 0 Å². The summed E-state index contributed by atoms with van der Waals surface area (Å²) < 4.78 is 0. The summed E-state index contributed by atoms with van der Waals surface area (Å²) in [5, 5.41) is 13.2. The molecule has 0 spiro atoms. The molecule has 0 saturated heterocycles. The minimum Gasteiger partial charge on any atom is -0.336 e. The molecule has 20 heavy (non-hydrogen) atoms. The van der Waals surface area contributed by atoms with E-state index in [9.17, 15) is 14.8 Å². The number of nitrogens with zero attached hydrogens (tertiary/aromatic N) is 1. The van der Waals surface area contributed by atoms with Gasteiger partial charge in [-0.25, -0.2) is 0 Å². The molecule has 0 unspecified atom stereocenters. The highest BCUT2D eigenvalue weighted by Crippen LogP contribution is 2.27. The highest BCUT2D eigenvalue weighted by Gasteiger charge is 2.33. The fourth-order valence-electron chi connectivity index (χ4n) is 2.23. The van der Waals surface area contributed by atoms with Gasteiger partial charge in [0.2, 0.25) is 0 Å². The summed E-state index contributed by atoms with van der Waals surface area (Å²) in [7, 11) is 0. The van der Waals surface area contributed by atoms with Crippen LogP contribution in [0.2, 0.25) is 0 Å². The zero-order valence-electron chi connectivity index (χ0n) is 10.5. The van der Waals surface area contributed by atoms with Crippen molar-refractivity contribution >= 4 is 17.5 Å². The molecule has 5 nitrogen and oxygen atoms in total. The number of hydroxylamine groups is 1. The molecule has 2 aromatic carbocycles. The number of hydrogen-bond donors (Lipinski definition) is 2. The van der Waals surface area contributed by atoms with E-state index in [4.69, 9.17) is 0 Å². The number of carbonyl (C=O) groups excluding carboxylic acids is 2. The first-order valence-corrected chi connectivity index (χ1v) is 6.16. The van der Waals surface area contributed by atoms with Gasteiger partial charge in [0.25, 0.3) is 11.8 Å². The molecule has 0 aromatic heterocycles. The van der Waals surface area contributed by atoms with Crippen molar-refractivity contribution in [2.24, 2.45) is 0 Å². The van der Waals surface area contributed by atoms with Gasteiger partial charge in [0, 0.05) is 0 Å². The number of anilines is 1. The molecule has 1 aliphatic heterocycles. The monoisotopic (exact) mass is 268 g/mol. The van der Waals surface area contributed by atoms with Crippen LogP contribution in [0.25, 0.3) is 0 Å². The van der Waals surface area contributed by atoms with E-state index in [-0.39, 0.29) is 17.2 Å². The lowest BCUT2D eigenvalue weighted by atomic mass is 10.1. The summed E-state index contributed by atoms with van der Waals surface area (Å²) in [5.74, 6) is -0.978. The molecule has 1 heterocycles. The zero-order chi connectivity index (χ0) is 14.1. The molecular weight excluding hydrogens is 256 g/mol. The molecule has 2 N–H and O–H groups in total. The molecule has 5 heteroatoms. The van der Waals surface area contributed by atoms with Gasteiger partial charge in [0.15, 0.2) is 0 Å². The highest BCUT2D eigenvalue weighted by molar-refractivity contribution is 6.10. The summed E-state index contributed by atoms with van der Waals surface area (Å²) in [4.78, 5) is 24.5. The summed E-state index contributed by atoms with van der Waals surface area (Å²) in [5.41, 5.74) is 1.08. The maximum atomic E-state index is 12.3. The van der Waals surface area contributed by atoms with Crippen LogP contribution in [0.1, 0.15) is 22.0 Å². The standard InChI is InChI=1S/C15H12N2O3/c18-14-11-8-4-5-9-12(11)17(20)15(19)13(16-14)10-6-2-1-3-7-10/h1-9,13,20H,(H,16,18)/t13-/m0/s1. The topological polar surface area (TPSA) is 69.6 Å². The van der Waals surface area contributed by atoms with Crippen LogP contribution >= 0.6 is 0 Å². The second-order valence-corrected chi connectivity index (χ2v) is 4.48. The van der Waals surface area contributed by atoms with E-state index < -0.39 is 11.9 Å². The van der Waals surface area contributed by atoms with E-state index in [2.05, 4.69) is 5.32 Å². The zero-order valence-corrected chi connectivity index (χ0v) is 10.5. The first kappa shape index (κ1) is 12.4. The number of para-hydroxylation sites is 1. The van der Waals surface area contributed by atoms with Gasteiger partial charge in [-0.05, 0) is 17.7 Å². The van der Waals surface area contributed by atoms with Gasteiger partial charge in [0.05, 0.1) is 11.3 Å². The molecule has 2 amide bonds. The average molecular weight is 268 g/mol. The van der Waals surface area contributed by atoms with Crippen molar-refractivity contribution in [1.82, 2.24) is 5.32 Å². The molecule has 1 aliphatic rings. The van der Waals surface area contributed by atoms with Gasteiger partial charge < -0.3 is 5.32 Å². The Bertz CT molecular complexity index is 670. The van der Waals surface area contributed by atoms with Crippen molar-refractivity contribution in [2.45, 2.75) is 6.04 Å². The van der Waals surface area contributed by atoms with E-state index in [0.717, 1.165) is 0 Å². The third-order valence-corrected chi connectivity index (χ3v) is 3.24. The molecule has 100 valence electrons. The van der Waals surface area contributed by atoms with Crippen molar-refractivity contribution < 1.29 is 14.8 Å². The Morgan fingerprint density at radius 2 is 1.60 bits per heavy atom. The van der Waals surface area contributed by atoms with Crippen molar-refractivity contribution in [2.75, 3.05) is 5.06 Å². The van der Waals surface area contributed by atoms with Crippen LogP contribution in [0.3, 0.4) is 0 Å². The van der Waals surface area contributed by atoms with Crippen LogP contribution in [-0.4, -0.2) is 17.0 Å². The molecule has 0 bridgehead atoms. The van der Waals surface area contributed by atoms with Crippen LogP contribution in [-0.2, 0) is 4.79 Å². The molecule has 3 rings (SSSR count). The third-order valence-electron chi connectivity index (χ3n) is 3.24. The van der Waals surface area contributed by atoms with Gasteiger partial charge in [-0.1, -0.05) is 42.5 Å². The molecule has 0 radical (unpaired) electrons. The number of benzene rings is 2. The van der Waals surface area contributed by atoms with Crippen molar-refractivity contribution in [3.05, 3.63) is 65.7 Å². The number of carbonyl (C=O) groups is 2. The quantitative estimate of drug-likeness (QED) is 0.776. The van der Waals surface area contributed by atoms with Crippen LogP contribution in [0.5, 0.6) is 0 Å². The minimum atomic E-state index is -0.902. The molecular formula is C15H12N2O3. The molecule has 0 saturated carbocycles. The minimum absolute atomic E-state index is 0.188. The van der Waals surface area contributed by atoms with Crippen LogP contribution in [0.15, 0.2) is 54.6 Å². The van der Waals surface area contributed by atoms with Crippen molar-refractivity contribution in [1.29, 1.82) is 0 Å².